The van der Waals surface area contributed by atoms with Gasteiger partial charge in [-0.15, -0.1) is 0 Å². The highest BCUT2D eigenvalue weighted by Gasteiger charge is 2.44. The van der Waals surface area contributed by atoms with E-state index in [9.17, 15) is 4.79 Å². The minimum absolute atomic E-state index is 0.159. The quantitative estimate of drug-likeness (QED) is 0.558. The molecule has 21 heavy (non-hydrogen) atoms. The van der Waals surface area contributed by atoms with Gasteiger partial charge in [-0.25, -0.2) is 0 Å². The van der Waals surface area contributed by atoms with Crippen LogP contribution in [0.1, 0.15) is 18.9 Å². The van der Waals surface area contributed by atoms with Crippen molar-refractivity contribution in [2.75, 3.05) is 18.5 Å². The fourth-order valence-electron chi connectivity index (χ4n) is 2.02. The molecule has 4 nitrogen and oxygen atoms in total. The van der Waals surface area contributed by atoms with E-state index in [4.69, 9.17) is 37.4 Å². The first-order valence-electron chi connectivity index (χ1n) is 6.49. The van der Waals surface area contributed by atoms with Gasteiger partial charge in [0, 0.05) is 17.0 Å². The molecule has 1 aromatic rings. The van der Waals surface area contributed by atoms with Crippen LogP contribution in [0.25, 0.3) is 0 Å². The fraction of sp³-hybridized carbons (Fsp3) is 0.500. The molecule has 1 saturated heterocycles. The molecular formula is C14H15BrCl2O4. The molecule has 1 heterocycles. The van der Waals surface area contributed by atoms with E-state index < -0.39 is 5.79 Å². The number of hydrogen-bond donors (Lipinski definition) is 0. The van der Waals surface area contributed by atoms with E-state index >= 15 is 0 Å². The summed E-state index contributed by atoms with van der Waals surface area (Å²) in [6.07, 6.45) is 0.00462. The van der Waals surface area contributed by atoms with E-state index in [2.05, 4.69) is 15.9 Å². The van der Waals surface area contributed by atoms with Crippen LogP contribution in [0.4, 0.5) is 0 Å². The van der Waals surface area contributed by atoms with E-state index in [0.29, 0.717) is 34.0 Å². The summed E-state index contributed by atoms with van der Waals surface area (Å²) in [6, 6.07) is 5.14. The molecule has 2 rings (SSSR count). The lowest BCUT2D eigenvalue weighted by atomic mass is 10.1. The van der Waals surface area contributed by atoms with Crippen LogP contribution in [-0.4, -0.2) is 30.6 Å². The van der Waals surface area contributed by atoms with Crippen molar-refractivity contribution in [1.29, 1.82) is 0 Å². The Labute approximate surface area is 141 Å². The molecule has 1 aliphatic rings. The van der Waals surface area contributed by atoms with Crippen LogP contribution in [0.3, 0.4) is 0 Å². The molecule has 0 N–H and O–H groups in total. The van der Waals surface area contributed by atoms with Gasteiger partial charge in [-0.3, -0.25) is 4.79 Å². The average Bonchev–Trinajstić information content (AvgIpc) is 2.89. The second kappa shape index (κ2) is 7.29. The highest BCUT2D eigenvalue weighted by Crippen LogP contribution is 2.40. The number of halogens is 3. The molecule has 0 unspecified atom stereocenters. The summed E-state index contributed by atoms with van der Waals surface area (Å²) >= 11 is 15.5. The Morgan fingerprint density at radius 2 is 2.29 bits per heavy atom. The lowest BCUT2D eigenvalue weighted by Gasteiger charge is -2.27. The third kappa shape index (κ3) is 3.90. The number of carbonyl (C=O) groups is 1. The molecule has 0 aliphatic carbocycles. The van der Waals surface area contributed by atoms with Crippen molar-refractivity contribution in [3.8, 4) is 0 Å². The Balaban J connectivity index is 2.11. The van der Waals surface area contributed by atoms with E-state index in [1.807, 2.05) is 0 Å². The average molecular weight is 398 g/mol. The van der Waals surface area contributed by atoms with Crippen LogP contribution in [-0.2, 0) is 24.8 Å². The Morgan fingerprint density at radius 1 is 1.52 bits per heavy atom. The topological polar surface area (TPSA) is 44.8 Å². The molecule has 2 atom stereocenters. The molecule has 1 aliphatic heterocycles. The third-order valence-electron chi connectivity index (χ3n) is 3.10. The van der Waals surface area contributed by atoms with Crippen LogP contribution in [0.5, 0.6) is 0 Å². The highest BCUT2D eigenvalue weighted by atomic mass is 79.9. The van der Waals surface area contributed by atoms with Crippen molar-refractivity contribution in [2.45, 2.75) is 25.2 Å². The summed E-state index contributed by atoms with van der Waals surface area (Å²) < 4.78 is 16.8. The number of benzene rings is 1. The first-order valence-corrected chi connectivity index (χ1v) is 8.37. The fourth-order valence-corrected chi connectivity index (χ4v) is 3.17. The predicted molar refractivity (Wildman–Crippen MR) is 84.0 cm³/mol. The zero-order chi connectivity index (χ0) is 15.5. The van der Waals surface area contributed by atoms with Crippen molar-refractivity contribution >= 4 is 45.1 Å². The summed E-state index contributed by atoms with van der Waals surface area (Å²) in [5, 5.41) is 1.41. The van der Waals surface area contributed by atoms with Crippen molar-refractivity contribution in [2.24, 2.45) is 0 Å². The SMILES string of the molecule is CCC(=O)OC[C@@H]1CO[C@@](CBr)(c2ccc(Cl)cc2Cl)O1. The molecule has 7 heteroatoms. The maximum Gasteiger partial charge on any atom is 0.305 e. The number of carbonyl (C=O) groups excluding carboxylic acids is 1. The van der Waals surface area contributed by atoms with Crippen LogP contribution < -0.4 is 0 Å². The number of hydrogen-bond acceptors (Lipinski definition) is 4. The van der Waals surface area contributed by atoms with Gasteiger partial charge in [-0.1, -0.05) is 52.1 Å². The highest BCUT2D eigenvalue weighted by molar-refractivity contribution is 9.09. The first kappa shape index (κ1) is 17.0. The smallest absolute Gasteiger partial charge is 0.305 e. The number of rotatable bonds is 5. The molecule has 0 radical (unpaired) electrons. The standard InChI is InChI=1S/C14H15BrCl2O4/c1-2-13(18)19-6-10-7-20-14(8-15,21-10)11-4-3-9(16)5-12(11)17/h3-5,10H,2,6-8H2,1H3/t10-,14-/m1/s1. The van der Waals surface area contributed by atoms with Crippen LogP contribution in [0.15, 0.2) is 18.2 Å². The minimum atomic E-state index is -0.995. The molecule has 1 fully saturated rings. The van der Waals surface area contributed by atoms with Gasteiger partial charge in [0.25, 0.3) is 0 Å². The molecule has 0 spiro atoms. The van der Waals surface area contributed by atoms with E-state index in [-0.39, 0.29) is 18.7 Å². The first-order chi connectivity index (χ1) is 10.0. The molecule has 0 bridgehead atoms. The summed E-state index contributed by atoms with van der Waals surface area (Å²) in [5.41, 5.74) is 0.690. The summed E-state index contributed by atoms with van der Waals surface area (Å²) in [6.45, 7) is 2.22. The Morgan fingerprint density at radius 3 is 2.90 bits per heavy atom. The Kier molecular flexibility index (Phi) is 5.91. The monoisotopic (exact) mass is 396 g/mol. The second-order valence-corrected chi connectivity index (χ2v) is 6.00. The normalized spacial score (nSPS) is 25.0. The van der Waals surface area contributed by atoms with Gasteiger partial charge in [0.15, 0.2) is 0 Å². The van der Waals surface area contributed by atoms with Gasteiger partial charge in [-0.2, -0.15) is 0 Å². The van der Waals surface area contributed by atoms with Crippen molar-refractivity contribution in [3.05, 3.63) is 33.8 Å². The maximum atomic E-state index is 11.2. The number of alkyl halides is 1. The maximum absolute atomic E-state index is 11.2. The molecule has 1 aromatic carbocycles. The zero-order valence-corrected chi connectivity index (χ0v) is 14.5. The van der Waals surface area contributed by atoms with E-state index in [0.717, 1.165) is 0 Å². The van der Waals surface area contributed by atoms with Crippen molar-refractivity contribution < 1.29 is 19.0 Å². The van der Waals surface area contributed by atoms with Gasteiger partial charge in [-0.05, 0) is 12.1 Å². The van der Waals surface area contributed by atoms with Gasteiger partial charge < -0.3 is 14.2 Å². The Bertz CT molecular complexity index is 526. The van der Waals surface area contributed by atoms with Gasteiger partial charge >= 0.3 is 5.97 Å². The van der Waals surface area contributed by atoms with Crippen molar-refractivity contribution in [3.63, 3.8) is 0 Å². The predicted octanol–water partition coefficient (Wildman–Crippen LogP) is 3.91. The van der Waals surface area contributed by atoms with Crippen molar-refractivity contribution in [1.82, 2.24) is 0 Å². The molecular weight excluding hydrogens is 383 g/mol. The molecule has 116 valence electrons. The summed E-state index contributed by atoms with van der Waals surface area (Å²) in [7, 11) is 0. The van der Waals surface area contributed by atoms with Crippen LogP contribution in [0.2, 0.25) is 10.0 Å². The molecule has 0 aromatic heterocycles. The lowest BCUT2D eigenvalue weighted by Crippen LogP contribution is -2.31. The zero-order valence-electron chi connectivity index (χ0n) is 11.4. The summed E-state index contributed by atoms with van der Waals surface area (Å²) in [5.74, 6) is -1.26. The minimum Gasteiger partial charge on any atom is -0.463 e. The second-order valence-electron chi connectivity index (χ2n) is 4.60. The number of esters is 1. The van der Waals surface area contributed by atoms with E-state index in [1.54, 1.807) is 25.1 Å². The number of ether oxygens (including phenoxy) is 3. The third-order valence-corrected chi connectivity index (χ3v) is 4.38. The summed E-state index contributed by atoms with van der Waals surface area (Å²) in [4.78, 5) is 11.2. The molecule has 0 amide bonds. The molecule has 0 saturated carbocycles. The van der Waals surface area contributed by atoms with Crippen LogP contribution in [0, 0.1) is 0 Å². The Hall–Kier alpha value is -0.330. The van der Waals surface area contributed by atoms with Gasteiger partial charge in [0.05, 0.1) is 17.0 Å². The van der Waals surface area contributed by atoms with E-state index in [1.165, 1.54) is 0 Å². The largest absolute Gasteiger partial charge is 0.463 e. The lowest BCUT2D eigenvalue weighted by molar-refractivity contribution is -0.168. The van der Waals surface area contributed by atoms with Gasteiger partial charge in [0.2, 0.25) is 5.79 Å². The van der Waals surface area contributed by atoms with Gasteiger partial charge in [0.1, 0.15) is 12.7 Å². The van der Waals surface area contributed by atoms with Crippen LogP contribution >= 0.6 is 39.1 Å².